The van der Waals surface area contributed by atoms with E-state index in [1.165, 1.54) is 16.4 Å². The number of rotatable bonds is 7. The molecule has 166 valence electrons. The molecule has 1 heterocycles. The van der Waals surface area contributed by atoms with E-state index >= 15 is 0 Å². The highest BCUT2D eigenvalue weighted by Crippen LogP contribution is 2.33. The van der Waals surface area contributed by atoms with E-state index in [0.29, 0.717) is 18.7 Å². The third-order valence-electron chi connectivity index (χ3n) is 5.37. The van der Waals surface area contributed by atoms with Crippen molar-refractivity contribution in [3.05, 3.63) is 88.4 Å². The zero-order valence-electron chi connectivity index (χ0n) is 17.5. The van der Waals surface area contributed by atoms with Crippen LogP contribution in [-0.4, -0.2) is 27.5 Å². The predicted molar refractivity (Wildman–Crippen MR) is 127 cm³/mol. The van der Waals surface area contributed by atoms with Crippen LogP contribution < -0.4 is 14.4 Å². The smallest absolute Gasteiger partial charge is 0.264 e. The summed E-state index contributed by atoms with van der Waals surface area (Å²) in [5.41, 5.74) is 2.74. The van der Waals surface area contributed by atoms with E-state index in [1.807, 2.05) is 55.5 Å². The molecule has 4 rings (SSSR count). The highest BCUT2D eigenvalue weighted by molar-refractivity contribution is 9.10. The normalized spacial score (nSPS) is 14.0. The molecule has 0 fully saturated rings. The molecule has 3 aromatic carbocycles. The third kappa shape index (κ3) is 4.81. The lowest BCUT2D eigenvalue weighted by molar-refractivity contribution is -0.123. The van der Waals surface area contributed by atoms with Gasteiger partial charge in [0.1, 0.15) is 5.75 Å². The fourth-order valence-corrected chi connectivity index (χ4v) is 5.43. The summed E-state index contributed by atoms with van der Waals surface area (Å²) < 4.78 is 34.1. The second-order valence-corrected chi connectivity index (χ2v) is 10.3. The van der Waals surface area contributed by atoms with Crippen LogP contribution in [0.5, 0.6) is 5.75 Å². The number of fused-ring (bicyclic) bond motifs is 1. The first-order chi connectivity index (χ1) is 15.3. The van der Waals surface area contributed by atoms with E-state index in [2.05, 4.69) is 21.2 Å². The van der Waals surface area contributed by atoms with Gasteiger partial charge in [0.25, 0.3) is 15.9 Å². The number of hydrogen-bond acceptors (Lipinski definition) is 4. The lowest BCUT2D eigenvalue weighted by Gasteiger charge is -2.19. The second kappa shape index (κ2) is 9.34. The molecule has 0 aromatic heterocycles. The molecule has 1 atom stereocenters. The van der Waals surface area contributed by atoms with Gasteiger partial charge in [0, 0.05) is 11.0 Å². The number of halogens is 1. The van der Waals surface area contributed by atoms with E-state index in [-0.39, 0.29) is 23.5 Å². The van der Waals surface area contributed by atoms with E-state index in [0.717, 1.165) is 21.3 Å². The Morgan fingerprint density at radius 1 is 1.06 bits per heavy atom. The Balaban J connectivity index is 1.36. The lowest BCUT2D eigenvalue weighted by atomic mass is 10.1. The maximum atomic E-state index is 13.1. The molecule has 1 aliphatic heterocycles. The number of nitrogens with one attached hydrogen (secondary N) is 1. The molecule has 32 heavy (non-hydrogen) atoms. The first-order valence-electron chi connectivity index (χ1n) is 10.2. The van der Waals surface area contributed by atoms with Crippen molar-refractivity contribution in [1.29, 1.82) is 0 Å². The van der Waals surface area contributed by atoms with Crippen LogP contribution in [0.3, 0.4) is 0 Å². The molecule has 0 aliphatic carbocycles. The topological polar surface area (TPSA) is 75.7 Å². The van der Waals surface area contributed by atoms with Gasteiger partial charge in [-0.1, -0.05) is 46.3 Å². The molecule has 1 amide bonds. The van der Waals surface area contributed by atoms with E-state index < -0.39 is 10.0 Å². The monoisotopic (exact) mass is 514 g/mol. The van der Waals surface area contributed by atoms with Gasteiger partial charge in [-0.25, -0.2) is 8.42 Å². The number of sulfonamides is 1. The Bertz CT molecular complexity index is 1210. The zero-order valence-corrected chi connectivity index (χ0v) is 19.9. The number of para-hydroxylation sites is 1. The minimum atomic E-state index is -3.65. The largest absolute Gasteiger partial charge is 0.484 e. The maximum absolute atomic E-state index is 13.1. The molecule has 0 spiro atoms. The molecule has 3 aromatic rings. The Morgan fingerprint density at radius 2 is 1.75 bits per heavy atom. The van der Waals surface area contributed by atoms with Crippen molar-refractivity contribution in [1.82, 2.24) is 5.32 Å². The summed E-state index contributed by atoms with van der Waals surface area (Å²) >= 11 is 3.39. The average molecular weight is 515 g/mol. The zero-order chi connectivity index (χ0) is 22.7. The van der Waals surface area contributed by atoms with Crippen LogP contribution in [0.15, 0.2) is 82.2 Å². The van der Waals surface area contributed by atoms with Gasteiger partial charge in [0.05, 0.1) is 16.6 Å². The highest BCUT2D eigenvalue weighted by Gasteiger charge is 2.30. The summed E-state index contributed by atoms with van der Waals surface area (Å²) in [6.45, 7) is 2.17. The van der Waals surface area contributed by atoms with Gasteiger partial charge in [-0.05, 0) is 66.9 Å². The third-order valence-corrected chi connectivity index (χ3v) is 7.73. The van der Waals surface area contributed by atoms with Crippen LogP contribution in [0.1, 0.15) is 24.1 Å². The quantitative estimate of drug-likeness (QED) is 0.505. The van der Waals surface area contributed by atoms with Gasteiger partial charge in [-0.15, -0.1) is 0 Å². The van der Waals surface area contributed by atoms with Gasteiger partial charge in [-0.2, -0.15) is 0 Å². The van der Waals surface area contributed by atoms with Gasteiger partial charge in [-0.3, -0.25) is 9.10 Å². The van der Waals surface area contributed by atoms with Crippen molar-refractivity contribution in [2.75, 3.05) is 17.5 Å². The SMILES string of the molecule is C[C@H](NC(=O)COc1ccc(S(=O)(=O)N2CCc3ccccc32)cc1)c1ccc(Br)cc1. The molecule has 0 saturated heterocycles. The number of amides is 1. The second-order valence-electron chi connectivity index (χ2n) is 7.56. The summed E-state index contributed by atoms with van der Waals surface area (Å²) in [6, 6.07) is 21.2. The highest BCUT2D eigenvalue weighted by atomic mass is 79.9. The first-order valence-corrected chi connectivity index (χ1v) is 12.5. The van der Waals surface area contributed by atoms with Gasteiger partial charge in [0.2, 0.25) is 0 Å². The summed E-state index contributed by atoms with van der Waals surface area (Å²) in [5, 5.41) is 2.89. The standard InChI is InChI=1S/C24H23BrN2O4S/c1-17(18-6-8-20(25)9-7-18)26-24(28)16-31-21-10-12-22(13-11-21)32(29,30)27-15-14-19-4-2-3-5-23(19)27/h2-13,17H,14-16H2,1H3,(H,26,28)/t17-/m0/s1. The molecular weight excluding hydrogens is 492 g/mol. The number of benzene rings is 3. The summed E-state index contributed by atoms with van der Waals surface area (Å²) in [4.78, 5) is 12.4. The van der Waals surface area contributed by atoms with Crippen molar-refractivity contribution in [3.8, 4) is 5.75 Å². The Labute approximate surface area is 196 Å². The Kier molecular flexibility index (Phi) is 6.53. The number of nitrogens with zero attached hydrogens (tertiary/aromatic N) is 1. The molecule has 6 nitrogen and oxygen atoms in total. The molecule has 0 saturated carbocycles. The van der Waals surface area contributed by atoms with E-state index in [4.69, 9.17) is 4.74 Å². The summed E-state index contributed by atoms with van der Waals surface area (Å²) in [7, 11) is -3.65. The average Bonchev–Trinajstić information content (AvgIpc) is 3.23. The number of carbonyl (C=O) groups excluding carboxylic acids is 1. The number of hydrogen-bond donors (Lipinski definition) is 1. The van der Waals surface area contributed by atoms with Crippen LogP contribution in [0.2, 0.25) is 0 Å². The number of carbonyl (C=O) groups is 1. The predicted octanol–water partition coefficient (Wildman–Crippen LogP) is 4.46. The number of ether oxygens (including phenoxy) is 1. The molecular formula is C24H23BrN2O4S. The van der Waals surface area contributed by atoms with Crippen LogP contribution in [-0.2, 0) is 21.2 Å². The van der Waals surface area contributed by atoms with Crippen molar-refractivity contribution in [3.63, 3.8) is 0 Å². The fraction of sp³-hybridized carbons (Fsp3) is 0.208. The van der Waals surface area contributed by atoms with Crippen LogP contribution in [0.25, 0.3) is 0 Å². The van der Waals surface area contributed by atoms with E-state index in [9.17, 15) is 13.2 Å². The summed E-state index contributed by atoms with van der Waals surface area (Å²) in [5.74, 6) is 0.169. The molecule has 1 aliphatic rings. The van der Waals surface area contributed by atoms with Crippen molar-refractivity contribution in [2.24, 2.45) is 0 Å². The number of anilines is 1. The molecule has 0 unspecified atom stereocenters. The lowest BCUT2D eigenvalue weighted by Crippen LogP contribution is -2.31. The summed E-state index contributed by atoms with van der Waals surface area (Å²) in [6.07, 6.45) is 0.699. The first kappa shape index (κ1) is 22.4. The minimum absolute atomic E-state index is 0.157. The minimum Gasteiger partial charge on any atom is -0.484 e. The van der Waals surface area contributed by atoms with Crippen molar-refractivity contribution in [2.45, 2.75) is 24.3 Å². The fourth-order valence-electron chi connectivity index (χ4n) is 3.66. The van der Waals surface area contributed by atoms with Gasteiger partial charge in [0.15, 0.2) is 6.61 Å². The van der Waals surface area contributed by atoms with E-state index in [1.54, 1.807) is 12.1 Å². The molecule has 8 heteroatoms. The molecule has 1 N–H and O–H groups in total. The van der Waals surface area contributed by atoms with Crippen molar-refractivity contribution >= 4 is 37.5 Å². The van der Waals surface area contributed by atoms with Crippen LogP contribution in [0.4, 0.5) is 5.69 Å². The van der Waals surface area contributed by atoms with Crippen molar-refractivity contribution < 1.29 is 17.9 Å². The maximum Gasteiger partial charge on any atom is 0.264 e. The Hall–Kier alpha value is -2.84. The van der Waals surface area contributed by atoms with Gasteiger partial charge < -0.3 is 10.1 Å². The molecule has 0 bridgehead atoms. The van der Waals surface area contributed by atoms with Crippen LogP contribution >= 0.6 is 15.9 Å². The Morgan fingerprint density at radius 3 is 2.47 bits per heavy atom. The molecule has 0 radical (unpaired) electrons. The van der Waals surface area contributed by atoms with Gasteiger partial charge >= 0.3 is 0 Å². The van der Waals surface area contributed by atoms with Crippen LogP contribution in [0, 0.1) is 0 Å².